The van der Waals surface area contributed by atoms with Gasteiger partial charge in [0.05, 0.1) is 18.2 Å². The number of alkyl halides is 2. The minimum Gasteiger partial charge on any atom is -0.481 e. The fraction of sp³-hybridized carbons (Fsp3) is 0.579. The smallest absolute Gasteiger partial charge is 0.265 e. The van der Waals surface area contributed by atoms with Crippen LogP contribution < -0.4 is 10.1 Å². The maximum absolute atomic E-state index is 13.1. The number of halogens is 2. The van der Waals surface area contributed by atoms with Gasteiger partial charge in [-0.05, 0) is 37.0 Å². The standard InChI is InChI=1S/C19H26F2N2O3/c1-4-8-25-9-7-23-19(24)17(10-13(2)3)26-15-6-5-14(12-22)16(11-15)18(20)21/h5-6,11,13,17-18H,4,7-10H2,1-3H3,(H,23,24). The van der Waals surface area contributed by atoms with Gasteiger partial charge in [-0.3, -0.25) is 4.79 Å². The highest BCUT2D eigenvalue weighted by molar-refractivity contribution is 5.81. The molecule has 144 valence electrons. The van der Waals surface area contributed by atoms with Crippen LogP contribution in [0.3, 0.4) is 0 Å². The van der Waals surface area contributed by atoms with E-state index in [1.165, 1.54) is 12.1 Å². The van der Waals surface area contributed by atoms with E-state index in [2.05, 4.69) is 5.32 Å². The van der Waals surface area contributed by atoms with Crippen LogP contribution in [0.15, 0.2) is 18.2 Å². The fourth-order valence-corrected chi connectivity index (χ4v) is 2.30. The number of nitrogens with one attached hydrogen (secondary N) is 1. The van der Waals surface area contributed by atoms with Crippen molar-refractivity contribution in [1.29, 1.82) is 5.26 Å². The summed E-state index contributed by atoms with van der Waals surface area (Å²) in [5.74, 6) is -0.000805. The highest BCUT2D eigenvalue weighted by Crippen LogP contribution is 2.28. The van der Waals surface area contributed by atoms with Gasteiger partial charge in [0.15, 0.2) is 6.10 Å². The van der Waals surface area contributed by atoms with E-state index in [0.29, 0.717) is 26.2 Å². The predicted molar refractivity (Wildman–Crippen MR) is 94.1 cm³/mol. The monoisotopic (exact) mass is 368 g/mol. The molecule has 0 aliphatic heterocycles. The van der Waals surface area contributed by atoms with E-state index >= 15 is 0 Å². The summed E-state index contributed by atoms with van der Waals surface area (Å²) in [5.41, 5.74) is -0.507. The molecule has 0 bridgehead atoms. The number of hydrogen-bond acceptors (Lipinski definition) is 4. The summed E-state index contributed by atoms with van der Waals surface area (Å²) in [4.78, 5) is 12.4. The zero-order valence-electron chi connectivity index (χ0n) is 15.4. The summed E-state index contributed by atoms with van der Waals surface area (Å²) in [6, 6.07) is 5.55. The van der Waals surface area contributed by atoms with Gasteiger partial charge < -0.3 is 14.8 Å². The van der Waals surface area contributed by atoms with Crippen molar-refractivity contribution in [2.24, 2.45) is 5.92 Å². The quantitative estimate of drug-likeness (QED) is 0.603. The highest BCUT2D eigenvalue weighted by Gasteiger charge is 2.23. The van der Waals surface area contributed by atoms with Crippen molar-refractivity contribution in [3.05, 3.63) is 29.3 Å². The largest absolute Gasteiger partial charge is 0.481 e. The van der Waals surface area contributed by atoms with Crippen LogP contribution in [0, 0.1) is 17.2 Å². The highest BCUT2D eigenvalue weighted by atomic mass is 19.3. The molecule has 1 amide bonds. The first-order chi connectivity index (χ1) is 12.4. The van der Waals surface area contributed by atoms with E-state index in [0.717, 1.165) is 12.5 Å². The molecule has 1 aromatic carbocycles. The molecule has 0 fully saturated rings. The van der Waals surface area contributed by atoms with Crippen molar-refractivity contribution in [2.75, 3.05) is 19.8 Å². The van der Waals surface area contributed by atoms with Gasteiger partial charge in [-0.1, -0.05) is 20.8 Å². The van der Waals surface area contributed by atoms with Crippen molar-refractivity contribution in [3.63, 3.8) is 0 Å². The molecular weight excluding hydrogens is 342 g/mol. The minimum absolute atomic E-state index is 0.106. The van der Waals surface area contributed by atoms with Gasteiger partial charge in [0.1, 0.15) is 5.75 Å². The van der Waals surface area contributed by atoms with Crippen LogP contribution in [0.4, 0.5) is 8.78 Å². The lowest BCUT2D eigenvalue weighted by atomic mass is 10.0. The first-order valence-corrected chi connectivity index (χ1v) is 8.73. The van der Waals surface area contributed by atoms with E-state index in [4.69, 9.17) is 14.7 Å². The Labute approximate surface area is 153 Å². The average molecular weight is 368 g/mol. The van der Waals surface area contributed by atoms with E-state index in [1.54, 1.807) is 6.07 Å². The Morgan fingerprint density at radius 3 is 2.62 bits per heavy atom. The maximum Gasteiger partial charge on any atom is 0.265 e. The minimum atomic E-state index is -2.79. The molecule has 0 saturated carbocycles. The number of nitriles is 1. The first-order valence-electron chi connectivity index (χ1n) is 8.73. The van der Waals surface area contributed by atoms with E-state index < -0.39 is 18.1 Å². The normalized spacial score (nSPS) is 12.1. The number of carbonyl (C=O) groups is 1. The number of benzene rings is 1. The van der Waals surface area contributed by atoms with E-state index in [1.807, 2.05) is 20.8 Å². The van der Waals surface area contributed by atoms with Crippen molar-refractivity contribution in [1.82, 2.24) is 5.32 Å². The molecule has 1 atom stereocenters. The molecule has 5 nitrogen and oxygen atoms in total. The Balaban J connectivity index is 2.79. The van der Waals surface area contributed by atoms with Crippen LogP contribution >= 0.6 is 0 Å². The SMILES string of the molecule is CCCOCCNC(=O)C(CC(C)C)Oc1ccc(C#N)c(C(F)F)c1. The molecule has 7 heteroatoms. The zero-order chi connectivity index (χ0) is 19.5. The van der Waals surface area contributed by atoms with Crippen LogP contribution in [0.25, 0.3) is 0 Å². The summed E-state index contributed by atoms with van der Waals surface area (Å²) < 4.78 is 37.1. The van der Waals surface area contributed by atoms with Crippen LogP contribution in [-0.4, -0.2) is 31.8 Å². The number of nitrogens with zero attached hydrogens (tertiary/aromatic N) is 1. The third-order valence-electron chi connectivity index (χ3n) is 3.53. The molecule has 0 saturated heterocycles. The maximum atomic E-state index is 13.1. The second-order valence-corrected chi connectivity index (χ2v) is 6.30. The van der Waals surface area contributed by atoms with Crippen LogP contribution in [-0.2, 0) is 9.53 Å². The van der Waals surface area contributed by atoms with Gasteiger partial charge in [0.2, 0.25) is 0 Å². The van der Waals surface area contributed by atoms with Gasteiger partial charge in [-0.15, -0.1) is 0 Å². The Morgan fingerprint density at radius 1 is 1.31 bits per heavy atom. The second kappa shape index (κ2) is 11.4. The van der Waals surface area contributed by atoms with Gasteiger partial charge >= 0.3 is 0 Å². The third-order valence-corrected chi connectivity index (χ3v) is 3.53. The number of ether oxygens (including phenoxy) is 2. The van der Waals surface area contributed by atoms with Crippen molar-refractivity contribution >= 4 is 5.91 Å². The summed E-state index contributed by atoms with van der Waals surface area (Å²) in [7, 11) is 0. The van der Waals surface area contributed by atoms with Crippen molar-refractivity contribution in [3.8, 4) is 11.8 Å². The topological polar surface area (TPSA) is 71.3 Å². The molecule has 0 spiro atoms. The lowest BCUT2D eigenvalue weighted by molar-refractivity contribution is -0.128. The Bertz CT molecular complexity index is 615. The van der Waals surface area contributed by atoms with Gasteiger partial charge in [0.25, 0.3) is 12.3 Å². The number of rotatable bonds is 11. The Hall–Kier alpha value is -2.20. The van der Waals surface area contributed by atoms with Gasteiger partial charge in [0, 0.05) is 18.7 Å². The van der Waals surface area contributed by atoms with Gasteiger partial charge in [-0.25, -0.2) is 8.78 Å². The van der Waals surface area contributed by atoms with Crippen molar-refractivity contribution in [2.45, 2.75) is 46.1 Å². The lowest BCUT2D eigenvalue weighted by Crippen LogP contribution is -2.40. The summed E-state index contributed by atoms with van der Waals surface area (Å²) in [6.07, 6.45) is -2.26. The lowest BCUT2D eigenvalue weighted by Gasteiger charge is -2.21. The molecule has 1 unspecified atom stereocenters. The summed E-state index contributed by atoms with van der Waals surface area (Å²) in [5, 5.41) is 11.6. The molecule has 0 aliphatic rings. The first kappa shape index (κ1) is 21.8. The molecule has 1 rings (SSSR count). The third kappa shape index (κ3) is 7.36. The van der Waals surface area contributed by atoms with Gasteiger partial charge in [-0.2, -0.15) is 5.26 Å². The molecule has 0 radical (unpaired) electrons. The van der Waals surface area contributed by atoms with Crippen molar-refractivity contribution < 1.29 is 23.0 Å². The van der Waals surface area contributed by atoms with E-state index in [9.17, 15) is 13.6 Å². The van der Waals surface area contributed by atoms with E-state index in [-0.39, 0.29) is 23.1 Å². The number of carbonyl (C=O) groups excluding carboxylic acids is 1. The molecular formula is C19H26F2N2O3. The molecule has 0 aliphatic carbocycles. The summed E-state index contributed by atoms with van der Waals surface area (Å²) >= 11 is 0. The Morgan fingerprint density at radius 2 is 2.04 bits per heavy atom. The van der Waals surface area contributed by atoms with Crippen LogP contribution in [0.5, 0.6) is 5.75 Å². The zero-order valence-corrected chi connectivity index (χ0v) is 15.4. The second-order valence-electron chi connectivity index (χ2n) is 6.30. The molecule has 26 heavy (non-hydrogen) atoms. The summed E-state index contributed by atoms with van der Waals surface area (Å²) in [6.45, 7) is 7.27. The Kier molecular flexibility index (Phi) is 9.60. The molecule has 0 heterocycles. The predicted octanol–water partition coefficient (Wildman–Crippen LogP) is 3.83. The number of hydrogen-bond donors (Lipinski definition) is 1. The fourth-order valence-electron chi connectivity index (χ4n) is 2.30. The molecule has 1 N–H and O–H groups in total. The van der Waals surface area contributed by atoms with Crippen LogP contribution in [0.1, 0.15) is 51.2 Å². The molecule has 0 aromatic heterocycles. The average Bonchev–Trinajstić information content (AvgIpc) is 2.60. The van der Waals surface area contributed by atoms with Crippen LogP contribution in [0.2, 0.25) is 0 Å². The number of amides is 1. The molecule has 1 aromatic rings.